The summed E-state index contributed by atoms with van der Waals surface area (Å²) in [4.78, 5) is 30.7. The zero-order valence-corrected chi connectivity index (χ0v) is 9.14. The SMILES string of the molecule is O=c1[nH]c2ncccc2c(=O)n1[C@@H]1CCNC1. The van der Waals surface area contributed by atoms with Crippen LogP contribution in [0.4, 0.5) is 0 Å². The average molecular weight is 232 g/mol. The van der Waals surface area contributed by atoms with Crippen molar-refractivity contribution in [1.82, 2.24) is 19.9 Å². The Morgan fingerprint density at radius 1 is 1.41 bits per heavy atom. The lowest BCUT2D eigenvalue weighted by Gasteiger charge is -2.11. The molecule has 0 aromatic carbocycles. The Kier molecular flexibility index (Phi) is 2.29. The van der Waals surface area contributed by atoms with Crippen LogP contribution in [0.5, 0.6) is 0 Å². The van der Waals surface area contributed by atoms with Crippen molar-refractivity contribution in [3.05, 3.63) is 39.2 Å². The molecule has 0 unspecified atom stereocenters. The predicted molar refractivity (Wildman–Crippen MR) is 63.1 cm³/mol. The molecule has 17 heavy (non-hydrogen) atoms. The Bertz CT molecular complexity index is 667. The van der Waals surface area contributed by atoms with E-state index in [0.717, 1.165) is 13.0 Å². The maximum atomic E-state index is 12.2. The minimum Gasteiger partial charge on any atom is -0.315 e. The van der Waals surface area contributed by atoms with Gasteiger partial charge in [0.1, 0.15) is 5.65 Å². The summed E-state index contributed by atoms with van der Waals surface area (Å²) in [6, 6.07) is 3.31. The van der Waals surface area contributed by atoms with Gasteiger partial charge in [-0.3, -0.25) is 14.3 Å². The highest BCUT2D eigenvalue weighted by Crippen LogP contribution is 2.11. The van der Waals surface area contributed by atoms with Gasteiger partial charge < -0.3 is 5.32 Å². The van der Waals surface area contributed by atoms with Crippen molar-refractivity contribution >= 4 is 11.0 Å². The Labute approximate surface area is 96.3 Å². The fraction of sp³-hybridized carbons (Fsp3) is 0.364. The van der Waals surface area contributed by atoms with Crippen LogP contribution < -0.4 is 16.6 Å². The first-order valence-electron chi connectivity index (χ1n) is 5.57. The number of fused-ring (bicyclic) bond motifs is 1. The normalized spacial score (nSPS) is 19.9. The van der Waals surface area contributed by atoms with Gasteiger partial charge in [0.2, 0.25) is 0 Å². The maximum absolute atomic E-state index is 12.2. The number of aromatic nitrogens is 3. The molecule has 0 amide bonds. The van der Waals surface area contributed by atoms with E-state index in [-0.39, 0.29) is 17.3 Å². The minimum absolute atomic E-state index is 0.0594. The number of hydrogen-bond donors (Lipinski definition) is 2. The quantitative estimate of drug-likeness (QED) is 0.702. The molecule has 6 heteroatoms. The smallest absolute Gasteiger partial charge is 0.315 e. The summed E-state index contributed by atoms with van der Waals surface area (Å²) in [6.45, 7) is 1.50. The summed E-state index contributed by atoms with van der Waals surface area (Å²) in [5, 5.41) is 3.60. The van der Waals surface area contributed by atoms with Gasteiger partial charge in [-0.05, 0) is 25.1 Å². The molecule has 0 bridgehead atoms. The van der Waals surface area contributed by atoms with Crippen LogP contribution in [0.2, 0.25) is 0 Å². The van der Waals surface area contributed by atoms with Crippen LogP contribution in [0.25, 0.3) is 11.0 Å². The molecule has 0 spiro atoms. The second-order valence-electron chi connectivity index (χ2n) is 4.15. The molecule has 1 fully saturated rings. The molecule has 1 aliphatic heterocycles. The zero-order valence-electron chi connectivity index (χ0n) is 9.14. The highest BCUT2D eigenvalue weighted by molar-refractivity contribution is 5.72. The van der Waals surface area contributed by atoms with Crippen molar-refractivity contribution in [2.24, 2.45) is 0 Å². The molecule has 2 N–H and O–H groups in total. The lowest BCUT2D eigenvalue weighted by atomic mass is 10.2. The summed E-state index contributed by atoms with van der Waals surface area (Å²) in [7, 11) is 0. The number of H-pyrrole nitrogens is 1. The minimum atomic E-state index is -0.380. The van der Waals surface area contributed by atoms with E-state index in [0.29, 0.717) is 17.6 Å². The van der Waals surface area contributed by atoms with Crippen molar-refractivity contribution in [2.75, 3.05) is 13.1 Å². The van der Waals surface area contributed by atoms with Crippen LogP contribution in [0.3, 0.4) is 0 Å². The Morgan fingerprint density at radius 3 is 3.06 bits per heavy atom. The highest BCUT2D eigenvalue weighted by atomic mass is 16.2. The van der Waals surface area contributed by atoms with E-state index in [4.69, 9.17) is 0 Å². The fourth-order valence-electron chi connectivity index (χ4n) is 2.25. The highest BCUT2D eigenvalue weighted by Gasteiger charge is 2.20. The maximum Gasteiger partial charge on any atom is 0.330 e. The molecule has 0 saturated carbocycles. The molecule has 1 aliphatic rings. The van der Waals surface area contributed by atoms with Crippen LogP contribution in [0.15, 0.2) is 27.9 Å². The van der Waals surface area contributed by atoms with Crippen molar-refractivity contribution < 1.29 is 0 Å². The third-order valence-electron chi connectivity index (χ3n) is 3.10. The van der Waals surface area contributed by atoms with Gasteiger partial charge in [0, 0.05) is 12.7 Å². The Balaban J connectivity index is 2.31. The number of hydrogen-bond acceptors (Lipinski definition) is 4. The van der Waals surface area contributed by atoms with Gasteiger partial charge in [0.15, 0.2) is 0 Å². The van der Waals surface area contributed by atoms with Gasteiger partial charge in [-0.1, -0.05) is 0 Å². The van der Waals surface area contributed by atoms with Crippen molar-refractivity contribution in [3.8, 4) is 0 Å². The molecule has 0 radical (unpaired) electrons. The van der Waals surface area contributed by atoms with E-state index in [9.17, 15) is 9.59 Å². The van der Waals surface area contributed by atoms with Crippen LogP contribution in [0, 0.1) is 0 Å². The second-order valence-corrected chi connectivity index (χ2v) is 4.15. The molecule has 2 aromatic heterocycles. The third-order valence-corrected chi connectivity index (χ3v) is 3.10. The van der Waals surface area contributed by atoms with Gasteiger partial charge in [0.05, 0.1) is 11.4 Å². The van der Waals surface area contributed by atoms with E-state index in [1.807, 2.05) is 0 Å². The van der Waals surface area contributed by atoms with Crippen LogP contribution in [0.1, 0.15) is 12.5 Å². The molecule has 3 heterocycles. The number of nitrogens with one attached hydrogen (secondary N) is 2. The molecule has 1 saturated heterocycles. The van der Waals surface area contributed by atoms with Crippen LogP contribution in [-0.2, 0) is 0 Å². The van der Waals surface area contributed by atoms with E-state index in [1.165, 1.54) is 4.57 Å². The lowest BCUT2D eigenvalue weighted by Crippen LogP contribution is -2.39. The van der Waals surface area contributed by atoms with Crippen molar-refractivity contribution in [2.45, 2.75) is 12.5 Å². The lowest BCUT2D eigenvalue weighted by molar-refractivity contribution is 0.507. The molecule has 2 aromatic rings. The standard InChI is InChI=1S/C11H12N4O2/c16-10-8-2-1-4-13-9(8)14-11(17)15(10)7-3-5-12-6-7/h1-2,4,7,12H,3,5-6H2,(H,13,14,17)/t7-/m1/s1. The van der Waals surface area contributed by atoms with E-state index in [2.05, 4.69) is 15.3 Å². The van der Waals surface area contributed by atoms with Crippen LogP contribution >= 0.6 is 0 Å². The Morgan fingerprint density at radius 2 is 2.29 bits per heavy atom. The monoisotopic (exact) mass is 232 g/mol. The predicted octanol–water partition coefficient (Wildman–Crippen LogP) is -0.381. The third kappa shape index (κ3) is 1.57. The summed E-state index contributed by atoms with van der Waals surface area (Å²) in [6.07, 6.45) is 2.36. The first kappa shape index (κ1) is 10.2. The van der Waals surface area contributed by atoms with Gasteiger partial charge in [-0.25, -0.2) is 9.78 Å². The number of rotatable bonds is 1. The first-order chi connectivity index (χ1) is 8.27. The van der Waals surface area contributed by atoms with E-state index in [1.54, 1.807) is 18.3 Å². The second kappa shape index (κ2) is 3.81. The van der Waals surface area contributed by atoms with Crippen molar-refractivity contribution in [3.63, 3.8) is 0 Å². The molecule has 3 rings (SSSR count). The molecule has 88 valence electrons. The Hall–Kier alpha value is -1.95. The average Bonchev–Trinajstić information content (AvgIpc) is 2.83. The summed E-state index contributed by atoms with van der Waals surface area (Å²) < 4.78 is 1.30. The van der Waals surface area contributed by atoms with E-state index < -0.39 is 0 Å². The van der Waals surface area contributed by atoms with Crippen LogP contribution in [-0.4, -0.2) is 27.6 Å². The largest absolute Gasteiger partial charge is 0.330 e. The topological polar surface area (TPSA) is 79.8 Å². The number of nitrogens with zero attached hydrogens (tertiary/aromatic N) is 2. The molecule has 0 aliphatic carbocycles. The van der Waals surface area contributed by atoms with E-state index >= 15 is 0 Å². The van der Waals surface area contributed by atoms with Gasteiger partial charge in [-0.2, -0.15) is 0 Å². The summed E-state index contributed by atoms with van der Waals surface area (Å²) in [5.74, 6) is 0. The van der Waals surface area contributed by atoms with Gasteiger partial charge >= 0.3 is 5.69 Å². The van der Waals surface area contributed by atoms with Gasteiger partial charge in [0.25, 0.3) is 5.56 Å². The van der Waals surface area contributed by atoms with Crippen molar-refractivity contribution in [1.29, 1.82) is 0 Å². The molecule has 1 atom stereocenters. The molecular formula is C11H12N4O2. The summed E-state index contributed by atoms with van der Waals surface area (Å²) in [5.41, 5.74) is -0.287. The number of pyridine rings is 1. The zero-order chi connectivity index (χ0) is 11.8. The fourth-order valence-corrected chi connectivity index (χ4v) is 2.25. The van der Waals surface area contributed by atoms with Gasteiger partial charge in [-0.15, -0.1) is 0 Å². The first-order valence-corrected chi connectivity index (χ1v) is 5.57. The number of aromatic amines is 1. The molecular weight excluding hydrogens is 220 g/mol. The summed E-state index contributed by atoms with van der Waals surface area (Å²) >= 11 is 0. The molecule has 6 nitrogen and oxygen atoms in total.